The summed E-state index contributed by atoms with van der Waals surface area (Å²) >= 11 is 2.54. The van der Waals surface area contributed by atoms with Gasteiger partial charge in [0.1, 0.15) is 4.83 Å². The van der Waals surface area contributed by atoms with Crippen molar-refractivity contribution in [1.82, 2.24) is 15.0 Å². The van der Waals surface area contributed by atoms with E-state index in [1.807, 2.05) is 66.0 Å². The molecule has 2 aromatic heterocycles. The number of hydrogen-bond acceptors (Lipinski definition) is 6. The Morgan fingerprint density at radius 1 is 1.10 bits per heavy atom. The van der Waals surface area contributed by atoms with E-state index in [1.54, 1.807) is 0 Å². The van der Waals surface area contributed by atoms with Crippen LogP contribution in [0.5, 0.6) is 0 Å². The molecule has 3 N–H and O–H groups in total. The number of fused-ring (bicyclic) bond motifs is 1. The number of thioether (sulfide) groups is 1. The number of benzene rings is 2. The Balaban J connectivity index is 1.51. The Morgan fingerprint density at radius 2 is 1.79 bits per heavy atom. The maximum absolute atomic E-state index is 12.9. The van der Waals surface area contributed by atoms with Gasteiger partial charge in [-0.15, -0.1) is 11.3 Å². The number of nitrogen functional groups attached to an aromatic ring is 1. The number of carbonyl (C=O) groups is 1. The maximum atomic E-state index is 12.9. The molecule has 0 bridgehead atoms. The van der Waals surface area contributed by atoms with Crippen LogP contribution in [0.2, 0.25) is 0 Å². The normalized spacial score (nSPS) is 10.9. The van der Waals surface area contributed by atoms with Crippen molar-refractivity contribution in [2.24, 2.45) is 0 Å². The van der Waals surface area contributed by atoms with Crippen LogP contribution in [0.1, 0.15) is 5.56 Å². The van der Waals surface area contributed by atoms with Crippen molar-refractivity contribution < 1.29 is 4.79 Å². The molecule has 0 spiro atoms. The Hall–Kier alpha value is -3.10. The Morgan fingerprint density at radius 3 is 2.52 bits per heavy atom. The first-order chi connectivity index (χ1) is 14.1. The molecule has 0 aliphatic carbocycles. The number of nitrogens with one attached hydrogen (secondary N) is 1. The van der Waals surface area contributed by atoms with Gasteiger partial charge in [0.25, 0.3) is 5.56 Å². The fourth-order valence-corrected chi connectivity index (χ4v) is 4.63. The summed E-state index contributed by atoms with van der Waals surface area (Å²) in [6.45, 7) is 0.452. The summed E-state index contributed by atoms with van der Waals surface area (Å²) in [5.74, 6) is 5.97. The molecule has 0 unspecified atom stereocenters. The van der Waals surface area contributed by atoms with E-state index in [-0.39, 0.29) is 17.2 Å². The average molecular weight is 423 g/mol. The molecular weight excluding hydrogens is 404 g/mol. The van der Waals surface area contributed by atoms with Crippen LogP contribution in [0.3, 0.4) is 0 Å². The van der Waals surface area contributed by atoms with Crippen molar-refractivity contribution in [3.05, 3.63) is 82.0 Å². The zero-order chi connectivity index (χ0) is 20.2. The third kappa shape index (κ3) is 4.18. The van der Waals surface area contributed by atoms with Gasteiger partial charge < -0.3 is 11.2 Å². The summed E-state index contributed by atoms with van der Waals surface area (Å²) in [6.07, 6.45) is 0. The van der Waals surface area contributed by atoms with Crippen LogP contribution in [-0.2, 0) is 11.3 Å². The number of amides is 1. The molecule has 2 aromatic carbocycles. The van der Waals surface area contributed by atoms with E-state index in [0.717, 1.165) is 33.1 Å². The Labute approximate surface area is 175 Å². The van der Waals surface area contributed by atoms with E-state index >= 15 is 0 Å². The number of carbonyl (C=O) groups excluding carboxylic acids is 1. The monoisotopic (exact) mass is 422 g/mol. The van der Waals surface area contributed by atoms with Gasteiger partial charge in [-0.1, -0.05) is 72.4 Å². The summed E-state index contributed by atoms with van der Waals surface area (Å²) < 4.78 is 1.02. The first kappa shape index (κ1) is 19.2. The van der Waals surface area contributed by atoms with Crippen LogP contribution < -0.4 is 16.7 Å². The molecule has 0 radical (unpaired) electrons. The third-order valence-electron chi connectivity index (χ3n) is 4.36. The first-order valence-electron chi connectivity index (χ1n) is 8.91. The summed E-state index contributed by atoms with van der Waals surface area (Å²) in [6, 6.07) is 19.3. The van der Waals surface area contributed by atoms with Crippen LogP contribution in [0.4, 0.5) is 0 Å². The van der Waals surface area contributed by atoms with E-state index in [9.17, 15) is 9.59 Å². The molecule has 0 fully saturated rings. The zero-order valence-electron chi connectivity index (χ0n) is 15.4. The number of thiophene rings is 1. The van der Waals surface area contributed by atoms with Gasteiger partial charge in [0.2, 0.25) is 5.91 Å². The molecule has 6 nitrogen and oxygen atoms in total. The van der Waals surface area contributed by atoms with Crippen molar-refractivity contribution in [1.29, 1.82) is 0 Å². The summed E-state index contributed by atoms with van der Waals surface area (Å²) in [5, 5.41) is 5.58. The van der Waals surface area contributed by atoms with Gasteiger partial charge in [0.15, 0.2) is 5.16 Å². The number of rotatable bonds is 6. The van der Waals surface area contributed by atoms with Gasteiger partial charge in [-0.2, -0.15) is 0 Å². The highest BCUT2D eigenvalue weighted by Gasteiger charge is 2.17. The van der Waals surface area contributed by atoms with E-state index in [2.05, 4.69) is 10.3 Å². The standard InChI is InChI=1S/C21H18N4O2S2/c22-25-20(27)18-16(15-9-5-2-6-10-15)12-28-19(18)24-21(25)29-13-17(26)23-11-14-7-3-1-4-8-14/h1-10,12H,11,13,22H2,(H,23,26). The van der Waals surface area contributed by atoms with Crippen molar-refractivity contribution in [2.75, 3.05) is 11.6 Å². The number of nitrogens with two attached hydrogens (primary N) is 1. The first-order valence-corrected chi connectivity index (χ1v) is 10.8. The predicted octanol–water partition coefficient (Wildman–Crippen LogP) is 3.25. The Kier molecular flexibility index (Phi) is 5.64. The van der Waals surface area contributed by atoms with Gasteiger partial charge in [-0.05, 0) is 11.1 Å². The molecule has 1 amide bonds. The molecular formula is C21H18N4O2S2. The zero-order valence-corrected chi connectivity index (χ0v) is 17.0. The summed E-state index contributed by atoms with van der Waals surface area (Å²) in [7, 11) is 0. The second-order valence-corrected chi connectivity index (χ2v) is 8.12. The van der Waals surface area contributed by atoms with Gasteiger partial charge in [0, 0.05) is 17.5 Å². The average Bonchev–Trinajstić information content (AvgIpc) is 3.19. The highest BCUT2D eigenvalue weighted by atomic mass is 32.2. The molecule has 8 heteroatoms. The second kappa shape index (κ2) is 8.50. The molecule has 4 rings (SSSR count). The number of nitrogens with zero attached hydrogens (tertiary/aromatic N) is 2. The van der Waals surface area contributed by atoms with Gasteiger partial charge in [-0.25, -0.2) is 9.66 Å². The third-order valence-corrected chi connectivity index (χ3v) is 6.18. The fraction of sp³-hybridized carbons (Fsp3) is 0.0952. The second-order valence-electron chi connectivity index (χ2n) is 6.32. The lowest BCUT2D eigenvalue weighted by Gasteiger charge is -2.08. The molecule has 29 heavy (non-hydrogen) atoms. The van der Waals surface area contributed by atoms with Gasteiger partial charge >= 0.3 is 0 Å². The van der Waals surface area contributed by atoms with Crippen LogP contribution in [0, 0.1) is 0 Å². The van der Waals surface area contributed by atoms with E-state index in [1.165, 1.54) is 11.3 Å². The fourth-order valence-electron chi connectivity index (χ4n) is 2.89. The minimum atomic E-state index is -0.317. The molecule has 4 aromatic rings. The highest BCUT2D eigenvalue weighted by molar-refractivity contribution is 7.99. The molecule has 0 aliphatic heterocycles. The molecule has 0 atom stereocenters. The lowest BCUT2D eigenvalue weighted by atomic mass is 10.1. The quantitative estimate of drug-likeness (QED) is 0.283. The van der Waals surface area contributed by atoms with Crippen LogP contribution in [-0.4, -0.2) is 21.3 Å². The van der Waals surface area contributed by atoms with Crippen molar-refractivity contribution in [2.45, 2.75) is 11.7 Å². The lowest BCUT2D eigenvalue weighted by Crippen LogP contribution is -2.30. The number of aromatic nitrogens is 2. The molecule has 2 heterocycles. The van der Waals surface area contributed by atoms with Crippen LogP contribution in [0.15, 0.2) is 76.0 Å². The summed E-state index contributed by atoms with van der Waals surface area (Å²) in [4.78, 5) is 30.1. The Bertz CT molecular complexity index is 1200. The highest BCUT2D eigenvalue weighted by Crippen LogP contribution is 2.31. The van der Waals surface area contributed by atoms with E-state index in [4.69, 9.17) is 5.84 Å². The predicted molar refractivity (Wildman–Crippen MR) is 118 cm³/mol. The van der Waals surface area contributed by atoms with Crippen molar-refractivity contribution in [3.63, 3.8) is 0 Å². The molecule has 146 valence electrons. The SMILES string of the molecule is Nn1c(SCC(=O)NCc2ccccc2)nc2scc(-c3ccccc3)c2c1=O. The lowest BCUT2D eigenvalue weighted by molar-refractivity contribution is -0.118. The minimum absolute atomic E-state index is 0.124. The van der Waals surface area contributed by atoms with Crippen molar-refractivity contribution >= 4 is 39.2 Å². The van der Waals surface area contributed by atoms with Crippen molar-refractivity contribution in [3.8, 4) is 11.1 Å². The number of hydrogen-bond donors (Lipinski definition) is 2. The minimum Gasteiger partial charge on any atom is -0.351 e. The summed E-state index contributed by atoms with van der Waals surface area (Å²) in [5.41, 5.74) is 2.47. The molecule has 0 saturated carbocycles. The largest absolute Gasteiger partial charge is 0.351 e. The van der Waals surface area contributed by atoms with Crippen LogP contribution in [0.25, 0.3) is 21.3 Å². The van der Waals surface area contributed by atoms with E-state index in [0.29, 0.717) is 21.9 Å². The van der Waals surface area contributed by atoms with Gasteiger partial charge in [0.05, 0.1) is 11.1 Å². The molecule has 0 aliphatic rings. The van der Waals surface area contributed by atoms with Crippen LogP contribution >= 0.6 is 23.1 Å². The molecule has 0 saturated heterocycles. The van der Waals surface area contributed by atoms with Gasteiger partial charge in [-0.3, -0.25) is 9.59 Å². The topological polar surface area (TPSA) is 90.0 Å². The van der Waals surface area contributed by atoms with E-state index < -0.39 is 0 Å². The maximum Gasteiger partial charge on any atom is 0.282 e. The smallest absolute Gasteiger partial charge is 0.282 e.